The summed E-state index contributed by atoms with van der Waals surface area (Å²) in [5.74, 6) is 2.79. The van der Waals surface area contributed by atoms with E-state index in [0.29, 0.717) is 17.9 Å². The Morgan fingerprint density at radius 3 is 2.12 bits per heavy atom. The van der Waals surface area contributed by atoms with Gasteiger partial charge in [-0.3, -0.25) is 0 Å². The van der Waals surface area contributed by atoms with E-state index >= 15 is 0 Å². The first-order valence-corrected chi connectivity index (χ1v) is 10.7. The maximum Gasteiger partial charge on any atom is 0.130 e. The molecule has 1 aromatic rings. The topological polar surface area (TPSA) is 38.2 Å². The molecule has 0 unspecified atom stereocenters. The lowest BCUT2D eigenvalue weighted by Gasteiger charge is -2.41. The number of piperidine rings is 1. The molecule has 0 atom stereocenters. The van der Waals surface area contributed by atoms with Crippen molar-refractivity contribution in [2.75, 3.05) is 19.7 Å². The minimum absolute atomic E-state index is 0.366. The summed E-state index contributed by atoms with van der Waals surface area (Å²) in [6, 6.07) is 0.797. The molecule has 0 bridgehead atoms. The summed E-state index contributed by atoms with van der Waals surface area (Å²) in [7, 11) is 0. The smallest absolute Gasteiger partial charge is 0.130 e. The predicted octanol–water partition coefficient (Wildman–Crippen LogP) is 4.76. The molecule has 1 aliphatic carbocycles. The molecule has 1 saturated carbocycles. The standard InChI is InChI=1S/C22H37N3O/c1-16(2)22-23-13-20(14-24-22)19-9-11-25(12-10-19)21-7-5-18(6-8-21)15-26-17(3)4/h13-14,16-19,21H,5-12,15H2,1-4H3/t18-,21-. The first-order valence-electron chi connectivity index (χ1n) is 10.7. The van der Waals surface area contributed by atoms with Gasteiger partial charge in [0, 0.05) is 31.0 Å². The van der Waals surface area contributed by atoms with Crippen LogP contribution in [0.4, 0.5) is 0 Å². The Kier molecular flexibility index (Phi) is 7.05. The van der Waals surface area contributed by atoms with E-state index in [9.17, 15) is 0 Å². The van der Waals surface area contributed by atoms with Crippen molar-refractivity contribution in [1.29, 1.82) is 0 Å². The molecule has 4 nitrogen and oxygen atoms in total. The Labute approximate surface area is 159 Å². The summed E-state index contributed by atoms with van der Waals surface area (Å²) in [4.78, 5) is 11.9. The fraction of sp³-hybridized carbons (Fsp3) is 0.818. The SMILES string of the molecule is CC(C)OC[C@H]1CC[C@H](N2CCC(c3cnc(C(C)C)nc3)CC2)CC1. The van der Waals surface area contributed by atoms with Crippen molar-refractivity contribution < 1.29 is 4.74 Å². The number of hydrogen-bond donors (Lipinski definition) is 0. The number of ether oxygens (including phenoxy) is 1. The first-order chi connectivity index (χ1) is 12.5. The van der Waals surface area contributed by atoms with Crippen LogP contribution >= 0.6 is 0 Å². The maximum absolute atomic E-state index is 5.82. The van der Waals surface area contributed by atoms with Crippen molar-refractivity contribution in [1.82, 2.24) is 14.9 Å². The first kappa shape index (κ1) is 19.8. The van der Waals surface area contributed by atoms with Gasteiger partial charge in [-0.25, -0.2) is 9.97 Å². The second kappa shape index (κ2) is 9.27. The van der Waals surface area contributed by atoms with Crippen molar-refractivity contribution in [2.24, 2.45) is 5.92 Å². The summed E-state index contributed by atoms with van der Waals surface area (Å²) in [6.07, 6.45) is 12.4. The Morgan fingerprint density at radius 2 is 1.58 bits per heavy atom. The highest BCUT2D eigenvalue weighted by Gasteiger charge is 2.29. The van der Waals surface area contributed by atoms with Gasteiger partial charge < -0.3 is 9.64 Å². The zero-order chi connectivity index (χ0) is 18.5. The highest BCUT2D eigenvalue weighted by atomic mass is 16.5. The van der Waals surface area contributed by atoms with Gasteiger partial charge in [0.1, 0.15) is 5.82 Å². The highest BCUT2D eigenvalue weighted by molar-refractivity contribution is 5.14. The average molecular weight is 360 g/mol. The summed E-state index contributed by atoms with van der Waals surface area (Å²) in [5, 5.41) is 0. The Balaban J connectivity index is 1.43. The monoisotopic (exact) mass is 359 g/mol. The summed E-state index contributed by atoms with van der Waals surface area (Å²) >= 11 is 0. The van der Waals surface area contributed by atoms with Crippen LogP contribution in [-0.2, 0) is 4.74 Å². The van der Waals surface area contributed by atoms with Crippen LogP contribution < -0.4 is 0 Å². The predicted molar refractivity (Wildman–Crippen MR) is 107 cm³/mol. The minimum Gasteiger partial charge on any atom is -0.379 e. The van der Waals surface area contributed by atoms with Crippen LogP contribution in [0.2, 0.25) is 0 Å². The lowest BCUT2D eigenvalue weighted by molar-refractivity contribution is 0.0269. The molecule has 0 N–H and O–H groups in total. The molecule has 0 amide bonds. The van der Waals surface area contributed by atoms with Crippen molar-refractivity contribution in [3.63, 3.8) is 0 Å². The quantitative estimate of drug-likeness (QED) is 0.734. The van der Waals surface area contributed by atoms with E-state index in [1.807, 2.05) is 0 Å². The van der Waals surface area contributed by atoms with E-state index in [2.05, 4.69) is 55.0 Å². The molecule has 1 aromatic heterocycles. The van der Waals surface area contributed by atoms with Crippen LogP contribution in [0, 0.1) is 5.92 Å². The molecule has 2 fully saturated rings. The number of likely N-dealkylation sites (tertiary alicyclic amines) is 1. The zero-order valence-corrected chi connectivity index (χ0v) is 17.2. The van der Waals surface area contributed by atoms with E-state index < -0.39 is 0 Å². The third kappa shape index (κ3) is 5.26. The van der Waals surface area contributed by atoms with Crippen LogP contribution in [0.3, 0.4) is 0 Å². The average Bonchev–Trinajstić information content (AvgIpc) is 2.67. The largest absolute Gasteiger partial charge is 0.379 e. The molecule has 2 aliphatic rings. The highest BCUT2D eigenvalue weighted by Crippen LogP contribution is 2.33. The summed E-state index contributed by atoms with van der Waals surface area (Å²) in [5.41, 5.74) is 1.34. The van der Waals surface area contributed by atoms with Gasteiger partial charge in [0.2, 0.25) is 0 Å². The van der Waals surface area contributed by atoms with Gasteiger partial charge in [0.25, 0.3) is 0 Å². The lowest BCUT2D eigenvalue weighted by atomic mass is 9.83. The minimum atomic E-state index is 0.366. The maximum atomic E-state index is 5.82. The van der Waals surface area contributed by atoms with Crippen molar-refractivity contribution in [2.45, 2.75) is 90.2 Å². The zero-order valence-electron chi connectivity index (χ0n) is 17.2. The molecule has 1 saturated heterocycles. The van der Waals surface area contributed by atoms with E-state index in [0.717, 1.165) is 24.4 Å². The summed E-state index contributed by atoms with van der Waals surface area (Å²) in [6.45, 7) is 12.0. The van der Waals surface area contributed by atoms with E-state index in [-0.39, 0.29) is 0 Å². The number of rotatable bonds is 6. The van der Waals surface area contributed by atoms with Gasteiger partial charge in [-0.1, -0.05) is 13.8 Å². The number of nitrogens with zero attached hydrogens (tertiary/aromatic N) is 3. The molecule has 3 rings (SSSR count). The second-order valence-electron chi connectivity index (χ2n) is 8.90. The Morgan fingerprint density at radius 1 is 0.962 bits per heavy atom. The molecule has 26 heavy (non-hydrogen) atoms. The van der Waals surface area contributed by atoms with Gasteiger partial charge in [0.15, 0.2) is 0 Å². The molecule has 2 heterocycles. The molecule has 0 radical (unpaired) electrons. The second-order valence-corrected chi connectivity index (χ2v) is 8.90. The van der Waals surface area contributed by atoms with Crippen LogP contribution in [-0.4, -0.2) is 46.7 Å². The van der Waals surface area contributed by atoms with Crippen LogP contribution in [0.1, 0.15) is 89.4 Å². The van der Waals surface area contributed by atoms with E-state index in [1.54, 1.807) is 0 Å². The van der Waals surface area contributed by atoms with Crippen LogP contribution in [0.15, 0.2) is 12.4 Å². The third-order valence-corrected chi connectivity index (χ3v) is 6.21. The molecule has 0 aromatic carbocycles. The fourth-order valence-corrected chi connectivity index (χ4v) is 4.46. The molecule has 4 heteroatoms. The van der Waals surface area contributed by atoms with Gasteiger partial charge in [-0.15, -0.1) is 0 Å². The Hall–Kier alpha value is -1.00. The van der Waals surface area contributed by atoms with Gasteiger partial charge >= 0.3 is 0 Å². The van der Waals surface area contributed by atoms with Gasteiger partial charge in [-0.2, -0.15) is 0 Å². The fourth-order valence-electron chi connectivity index (χ4n) is 4.46. The van der Waals surface area contributed by atoms with E-state index in [1.165, 1.54) is 57.2 Å². The van der Waals surface area contributed by atoms with Crippen molar-refractivity contribution >= 4 is 0 Å². The third-order valence-electron chi connectivity index (χ3n) is 6.21. The van der Waals surface area contributed by atoms with Gasteiger partial charge in [-0.05, 0) is 82.9 Å². The molecule has 146 valence electrons. The lowest BCUT2D eigenvalue weighted by Crippen LogP contribution is -2.43. The molecular weight excluding hydrogens is 322 g/mol. The van der Waals surface area contributed by atoms with Crippen molar-refractivity contribution in [3.05, 3.63) is 23.8 Å². The Bertz CT molecular complexity index is 527. The van der Waals surface area contributed by atoms with Crippen molar-refractivity contribution in [3.8, 4) is 0 Å². The number of aromatic nitrogens is 2. The van der Waals surface area contributed by atoms with Gasteiger partial charge in [0.05, 0.1) is 6.10 Å². The number of hydrogen-bond acceptors (Lipinski definition) is 4. The van der Waals surface area contributed by atoms with Crippen LogP contribution in [0.5, 0.6) is 0 Å². The molecule has 0 spiro atoms. The normalized spacial score (nSPS) is 25.9. The van der Waals surface area contributed by atoms with E-state index in [4.69, 9.17) is 4.74 Å². The molecule has 1 aliphatic heterocycles. The molecular formula is C22H37N3O. The summed E-state index contributed by atoms with van der Waals surface area (Å²) < 4.78 is 5.82. The van der Waals surface area contributed by atoms with Crippen LogP contribution in [0.25, 0.3) is 0 Å².